The summed E-state index contributed by atoms with van der Waals surface area (Å²) in [6, 6.07) is 0. The Hall–Kier alpha value is -2.76. The number of carboxylic acids is 3. The fraction of sp³-hybridized carbons (Fsp3) is 0.652. The van der Waals surface area contributed by atoms with Crippen LogP contribution in [-0.4, -0.2) is 82.4 Å². The lowest BCUT2D eigenvalue weighted by atomic mass is 9.71. The van der Waals surface area contributed by atoms with Gasteiger partial charge >= 0.3 is 17.9 Å². The number of allylic oxidation sites excluding steroid dienone is 1. The number of fused-ring (bicyclic) bond motifs is 1. The molecule has 34 heavy (non-hydrogen) atoms. The number of hydrogen-bond acceptors (Lipinski definition) is 7. The summed E-state index contributed by atoms with van der Waals surface area (Å²) in [4.78, 5) is 33.0. The summed E-state index contributed by atoms with van der Waals surface area (Å²) in [7, 11) is 0. The van der Waals surface area contributed by atoms with E-state index in [9.17, 15) is 19.5 Å². The molecule has 2 aliphatic rings. The van der Waals surface area contributed by atoms with Gasteiger partial charge < -0.3 is 25.5 Å². The van der Waals surface area contributed by atoms with Crippen LogP contribution in [0.15, 0.2) is 18.9 Å². The number of carbonyl (C=O) groups is 3. The lowest BCUT2D eigenvalue weighted by Gasteiger charge is -2.47. The summed E-state index contributed by atoms with van der Waals surface area (Å²) in [5.41, 5.74) is -0.577. The summed E-state index contributed by atoms with van der Waals surface area (Å²) >= 11 is 0. The van der Waals surface area contributed by atoms with Crippen LogP contribution in [0.1, 0.15) is 56.2 Å². The Morgan fingerprint density at radius 3 is 2.41 bits per heavy atom. The highest BCUT2D eigenvalue weighted by molar-refractivity contribution is 5.88. The summed E-state index contributed by atoms with van der Waals surface area (Å²) in [5.74, 6) is -4.56. The van der Waals surface area contributed by atoms with E-state index >= 15 is 0 Å². The third kappa shape index (κ3) is 7.12. The van der Waals surface area contributed by atoms with E-state index < -0.39 is 36.4 Å². The molecule has 0 radical (unpaired) electrons. The van der Waals surface area contributed by atoms with E-state index in [0.717, 1.165) is 39.0 Å². The number of aliphatic hydroxyl groups is 2. The molecule has 1 saturated heterocycles. The minimum Gasteiger partial charge on any atom is -0.481 e. The maximum absolute atomic E-state index is 10.7. The zero-order valence-electron chi connectivity index (χ0n) is 19.5. The van der Waals surface area contributed by atoms with Gasteiger partial charge in [0, 0.05) is 36.8 Å². The van der Waals surface area contributed by atoms with Crippen LogP contribution in [0, 0.1) is 12.8 Å². The predicted octanol–water partition coefficient (Wildman–Crippen LogP) is 1.26. The first-order valence-corrected chi connectivity index (χ1v) is 11.4. The molecule has 2 fully saturated rings. The van der Waals surface area contributed by atoms with E-state index in [4.69, 9.17) is 20.4 Å². The molecule has 5 N–H and O–H groups in total. The Bertz CT molecular complexity index is 883. The van der Waals surface area contributed by atoms with Gasteiger partial charge in [-0.25, -0.2) is 4.79 Å². The molecule has 11 nitrogen and oxygen atoms in total. The van der Waals surface area contributed by atoms with Gasteiger partial charge in [0.25, 0.3) is 0 Å². The number of rotatable bonds is 9. The number of aliphatic carboxylic acids is 3. The normalized spacial score (nSPS) is 22.7. The molecule has 1 aliphatic carbocycles. The Kier molecular flexibility index (Phi) is 9.37. The molecule has 1 aromatic heterocycles. The quantitative estimate of drug-likeness (QED) is 0.323. The zero-order valence-corrected chi connectivity index (χ0v) is 19.5. The summed E-state index contributed by atoms with van der Waals surface area (Å²) in [5, 5.41) is 49.0. The standard InChI is InChI=1S/C17H27N3O.C6H8O7/c1-3-9-20-14(2)15(11-18-20)12-19-10-8-17(21)7-5-4-6-16(17)13-19;7-3(8)1-6(13,5(11)12)2-4(9)10/h3,11,16,21H,1,4-10,12-13H2,2H3;13H,1-2H2,(H,7,8)(H,9,10)(H,11,12). The molecule has 2 atom stereocenters. The molecule has 0 amide bonds. The topological polar surface area (TPSA) is 173 Å². The number of carboxylic acid groups (broad SMARTS) is 3. The molecule has 3 rings (SSSR count). The second-order valence-corrected chi connectivity index (χ2v) is 9.24. The smallest absolute Gasteiger partial charge is 0.336 e. The van der Waals surface area contributed by atoms with Crippen LogP contribution in [0.4, 0.5) is 0 Å². The highest BCUT2D eigenvalue weighted by atomic mass is 16.4. The average molecular weight is 482 g/mol. The maximum Gasteiger partial charge on any atom is 0.336 e. The van der Waals surface area contributed by atoms with E-state index in [2.05, 4.69) is 23.5 Å². The molecule has 2 unspecified atom stereocenters. The molecule has 0 aromatic carbocycles. The number of likely N-dealkylation sites (tertiary alicyclic amines) is 1. The van der Waals surface area contributed by atoms with Crippen molar-refractivity contribution in [3.05, 3.63) is 30.1 Å². The van der Waals surface area contributed by atoms with Crippen molar-refractivity contribution in [1.82, 2.24) is 14.7 Å². The van der Waals surface area contributed by atoms with Crippen molar-refractivity contribution < 1.29 is 39.9 Å². The molecular weight excluding hydrogens is 446 g/mol. The van der Waals surface area contributed by atoms with Crippen LogP contribution in [0.2, 0.25) is 0 Å². The van der Waals surface area contributed by atoms with Crippen molar-refractivity contribution in [1.29, 1.82) is 0 Å². The Morgan fingerprint density at radius 1 is 1.21 bits per heavy atom. The fourth-order valence-electron chi connectivity index (χ4n) is 4.69. The van der Waals surface area contributed by atoms with Gasteiger partial charge in [0.15, 0.2) is 5.60 Å². The van der Waals surface area contributed by atoms with E-state index in [1.807, 2.05) is 17.0 Å². The first-order valence-electron chi connectivity index (χ1n) is 11.4. The molecule has 2 heterocycles. The highest BCUT2D eigenvalue weighted by Gasteiger charge is 2.43. The Morgan fingerprint density at radius 2 is 1.85 bits per heavy atom. The summed E-state index contributed by atoms with van der Waals surface area (Å²) in [6.07, 6.45) is 7.16. The van der Waals surface area contributed by atoms with E-state index in [1.54, 1.807) is 0 Å². The van der Waals surface area contributed by atoms with Gasteiger partial charge in [-0.05, 0) is 26.2 Å². The van der Waals surface area contributed by atoms with Gasteiger partial charge in [-0.2, -0.15) is 5.10 Å². The van der Waals surface area contributed by atoms with E-state index in [-0.39, 0.29) is 5.60 Å². The molecule has 1 aromatic rings. The first-order chi connectivity index (χ1) is 15.9. The predicted molar refractivity (Wildman–Crippen MR) is 121 cm³/mol. The van der Waals surface area contributed by atoms with Gasteiger partial charge in [0.1, 0.15) is 0 Å². The third-order valence-corrected chi connectivity index (χ3v) is 6.70. The van der Waals surface area contributed by atoms with E-state index in [0.29, 0.717) is 5.92 Å². The molecule has 1 aliphatic heterocycles. The second-order valence-electron chi connectivity index (χ2n) is 9.24. The number of piperidine rings is 1. The molecular formula is C23H35N3O8. The van der Waals surface area contributed by atoms with Crippen LogP contribution in [0.5, 0.6) is 0 Å². The first kappa shape index (κ1) is 27.5. The fourth-order valence-corrected chi connectivity index (χ4v) is 4.69. The number of nitrogens with zero attached hydrogens (tertiary/aromatic N) is 3. The maximum atomic E-state index is 10.7. The third-order valence-electron chi connectivity index (χ3n) is 6.70. The van der Waals surface area contributed by atoms with E-state index in [1.165, 1.54) is 30.5 Å². The summed E-state index contributed by atoms with van der Waals surface area (Å²) < 4.78 is 2.00. The van der Waals surface area contributed by atoms with Crippen LogP contribution >= 0.6 is 0 Å². The van der Waals surface area contributed by atoms with Crippen molar-refractivity contribution in [2.75, 3.05) is 13.1 Å². The SMILES string of the molecule is C=CCn1ncc(CN2CCC3(O)CCCCC3C2)c1C.O=C(O)CC(O)(CC(=O)O)C(=O)O. The molecule has 0 bridgehead atoms. The highest BCUT2D eigenvalue weighted by Crippen LogP contribution is 2.40. The monoisotopic (exact) mass is 481 g/mol. The number of hydrogen-bond donors (Lipinski definition) is 5. The molecule has 190 valence electrons. The van der Waals surface area contributed by atoms with Crippen LogP contribution in [0.25, 0.3) is 0 Å². The largest absolute Gasteiger partial charge is 0.481 e. The minimum atomic E-state index is -2.74. The van der Waals surface area contributed by atoms with Crippen molar-refractivity contribution in [3.8, 4) is 0 Å². The zero-order chi connectivity index (χ0) is 25.5. The lowest BCUT2D eigenvalue weighted by molar-refractivity contribution is -0.170. The van der Waals surface area contributed by atoms with Crippen LogP contribution in [-0.2, 0) is 27.5 Å². The Balaban J connectivity index is 0.000000273. The van der Waals surface area contributed by atoms with Crippen molar-refractivity contribution >= 4 is 17.9 Å². The summed E-state index contributed by atoms with van der Waals surface area (Å²) in [6.45, 7) is 9.66. The van der Waals surface area contributed by atoms with Gasteiger partial charge in [-0.1, -0.05) is 18.9 Å². The minimum absolute atomic E-state index is 0.378. The molecule has 11 heteroatoms. The molecule has 1 saturated carbocycles. The number of aromatic nitrogens is 2. The van der Waals surface area contributed by atoms with Crippen LogP contribution < -0.4 is 0 Å². The van der Waals surface area contributed by atoms with Crippen molar-refractivity contribution in [2.24, 2.45) is 5.92 Å². The second kappa shape index (κ2) is 11.6. The van der Waals surface area contributed by atoms with Crippen LogP contribution in [0.3, 0.4) is 0 Å². The molecule has 0 spiro atoms. The lowest BCUT2D eigenvalue weighted by Crippen LogP contribution is -2.52. The Labute approximate surface area is 198 Å². The van der Waals surface area contributed by atoms with Crippen molar-refractivity contribution in [3.63, 3.8) is 0 Å². The van der Waals surface area contributed by atoms with Gasteiger partial charge in [0.2, 0.25) is 0 Å². The van der Waals surface area contributed by atoms with Crippen molar-refractivity contribution in [2.45, 2.75) is 76.2 Å². The van der Waals surface area contributed by atoms with Gasteiger partial charge in [0.05, 0.1) is 31.2 Å². The average Bonchev–Trinajstić information content (AvgIpc) is 3.07. The van der Waals surface area contributed by atoms with Gasteiger partial charge in [-0.15, -0.1) is 6.58 Å². The van der Waals surface area contributed by atoms with Gasteiger partial charge in [-0.3, -0.25) is 19.2 Å².